The number of hydrogen-bond donors (Lipinski definition) is 0. The molecule has 0 fully saturated rings. The number of rotatable bonds is 4. The van der Waals surface area contributed by atoms with Gasteiger partial charge in [-0.1, -0.05) is 17.8 Å². The maximum absolute atomic E-state index is 8.97. The Morgan fingerprint density at radius 3 is 3.06 bits per heavy atom. The molecule has 0 saturated carbocycles. The summed E-state index contributed by atoms with van der Waals surface area (Å²) in [7, 11) is 1.56. The van der Waals surface area contributed by atoms with Crippen molar-refractivity contribution in [3.8, 4) is 11.8 Å². The third-order valence-electron chi connectivity index (χ3n) is 2.09. The minimum atomic E-state index is 0.558. The van der Waals surface area contributed by atoms with Crippen LogP contribution in [-0.4, -0.2) is 16.5 Å². The maximum atomic E-state index is 8.97. The molecule has 0 radical (unpaired) electrons. The predicted octanol–water partition coefficient (Wildman–Crippen LogP) is 2.71. The molecule has 0 atom stereocenters. The van der Waals surface area contributed by atoms with Crippen molar-refractivity contribution in [1.82, 2.24) is 9.36 Å². The summed E-state index contributed by atoms with van der Waals surface area (Å²) in [6, 6.07) is 7.73. The van der Waals surface area contributed by atoms with Gasteiger partial charge in [0.15, 0.2) is 4.34 Å². The summed E-state index contributed by atoms with van der Waals surface area (Å²) >= 11 is 2.98. The normalized spacial score (nSPS) is 9.88. The molecule has 0 aliphatic heterocycles. The Morgan fingerprint density at radius 1 is 1.53 bits per heavy atom. The molecule has 0 spiro atoms. The van der Waals surface area contributed by atoms with Crippen LogP contribution in [-0.2, 0) is 5.75 Å². The predicted molar refractivity (Wildman–Crippen MR) is 67.2 cm³/mol. The average Bonchev–Trinajstić information content (AvgIpc) is 2.89. The van der Waals surface area contributed by atoms with Crippen LogP contribution in [0.15, 0.2) is 28.9 Å². The largest absolute Gasteiger partial charge is 0.495 e. The Balaban J connectivity index is 2.09. The van der Waals surface area contributed by atoms with Gasteiger partial charge in [-0.05, 0) is 29.2 Å². The van der Waals surface area contributed by atoms with Crippen LogP contribution in [0.4, 0.5) is 0 Å². The maximum Gasteiger partial charge on any atom is 0.170 e. The first kappa shape index (κ1) is 11.9. The van der Waals surface area contributed by atoms with E-state index in [1.807, 2.05) is 18.2 Å². The number of benzene rings is 1. The zero-order valence-electron chi connectivity index (χ0n) is 9.08. The molecule has 4 nitrogen and oxygen atoms in total. The van der Waals surface area contributed by atoms with Gasteiger partial charge in [0.1, 0.15) is 18.1 Å². The molecule has 1 aromatic heterocycles. The molecule has 0 aliphatic carbocycles. The lowest BCUT2D eigenvalue weighted by Crippen LogP contribution is -1.90. The van der Waals surface area contributed by atoms with Crippen LogP contribution in [0.5, 0.6) is 5.75 Å². The first-order valence-electron chi connectivity index (χ1n) is 4.80. The van der Waals surface area contributed by atoms with E-state index in [2.05, 4.69) is 15.4 Å². The first-order valence-corrected chi connectivity index (χ1v) is 6.56. The molecule has 1 aromatic carbocycles. The van der Waals surface area contributed by atoms with E-state index in [9.17, 15) is 0 Å². The van der Waals surface area contributed by atoms with Gasteiger partial charge in [0.2, 0.25) is 0 Å². The highest BCUT2D eigenvalue weighted by Gasteiger charge is 2.05. The van der Waals surface area contributed by atoms with Gasteiger partial charge in [-0.25, -0.2) is 4.98 Å². The standard InChI is InChI=1S/C11H9N3OS2/c1-15-10-3-2-8(4-9(10)5-12)6-16-11-13-7-14-17-11/h2-4,7H,6H2,1H3. The number of ether oxygens (including phenoxy) is 1. The van der Waals surface area contributed by atoms with Gasteiger partial charge >= 0.3 is 0 Å². The molecule has 0 N–H and O–H groups in total. The van der Waals surface area contributed by atoms with Crippen LogP contribution >= 0.6 is 23.3 Å². The van der Waals surface area contributed by atoms with Gasteiger partial charge < -0.3 is 4.74 Å². The second kappa shape index (κ2) is 5.66. The quantitative estimate of drug-likeness (QED) is 0.794. The monoisotopic (exact) mass is 263 g/mol. The van der Waals surface area contributed by atoms with E-state index < -0.39 is 0 Å². The van der Waals surface area contributed by atoms with Crippen molar-refractivity contribution < 1.29 is 4.74 Å². The molecule has 17 heavy (non-hydrogen) atoms. The molecule has 1 heterocycles. The molecule has 2 rings (SSSR count). The molecule has 86 valence electrons. The summed E-state index contributed by atoms with van der Waals surface area (Å²) in [6.45, 7) is 0. The minimum Gasteiger partial charge on any atom is -0.495 e. The van der Waals surface area contributed by atoms with E-state index in [0.717, 1.165) is 15.7 Å². The molecule has 0 saturated heterocycles. The van der Waals surface area contributed by atoms with E-state index in [1.54, 1.807) is 25.2 Å². The van der Waals surface area contributed by atoms with Crippen molar-refractivity contribution in [3.05, 3.63) is 35.7 Å². The van der Waals surface area contributed by atoms with Gasteiger partial charge in [0, 0.05) is 5.75 Å². The molecule has 0 bridgehead atoms. The van der Waals surface area contributed by atoms with Gasteiger partial charge in [-0.3, -0.25) is 0 Å². The second-order valence-corrected chi connectivity index (χ2v) is 5.14. The van der Waals surface area contributed by atoms with E-state index in [1.165, 1.54) is 11.5 Å². The lowest BCUT2D eigenvalue weighted by Gasteiger charge is -2.04. The van der Waals surface area contributed by atoms with E-state index in [-0.39, 0.29) is 0 Å². The molecule has 0 unspecified atom stereocenters. The summed E-state index contributed by atoms with van der Waals surface area (Å²) in [5.74, 6) is 1.38. The van der Waals surface area contributed by atoms with Crippen LogP contribution in [0.3, 0.4) is 0 Å². The van der Waals surface area contributed by atoms with Crippen LogP contribution in [0, 0.1) is 11.3 Å². The zero-order valence-corrected chi connectivity index (χ0v) is 10.7. The number of aromatic nitrogens is 2. The van der Waals surface area contributed by atoms with E-state index in [4.69, 9.17) is 10.00 Å². The summed E-state index contributed by atoms with van der Waals surface area (Å²) in [5, 5.41) is 8.97. The molecular weight excluding hydrogens is 254 g/mol. The highest BCUT2D eigenvalue weighted by atomic mass is 32.2. The molecule has 2 aromatic rings. The fourth-order valence-electron chi connectivity index (χ4n) is 1.30. The van der Waals surface area contributed by atoms with E-state index in [0.29, 0.717) is 11.3 Å². The van der Waals surface area contributed by atoms with Gasteiger partial charge in [-0.2, -0.15) is 9.64 Å². The molecule has 0 aliphatic rings. The fourth-order valence-corrected chi connectivity index (χ4v) is 2.69. The summed E-state index contributed by atoms with van der Waals surface area (Å²) in [5.41, 5.74) is 1.63. The lowest BCUT2D eigenvalue weighted by atomic mass is 10.1. The average molecular weight is 263 g/mol. The van der Waals surface area contributed by atoms with Crippen molar-refractivity contribution in [2.45, 2.75) is 10.1 Å². The molecule has 6 heteroatoms. The van der Waals surface area contributed by atoms with Crippen LogP contribution in [0.25, 0.3) is 0 Å². The zero-order chi connectivity index (χ0) is 12.1. The summed E-state index contributed by atoms with van der Waals surface area (Å²) < 4.78 is 9.95. The van der Waals surface area contributed by atoms with Crippen molar-refractivity contribution in [2.24, 2.45) is 0 Å². The Bertz CT molecular complexity index is 534. The van der Waals surface area contributed by atoms with Crippen LogP contribution < -0.4 is 4.74 Å². The Kier molecular flexibility index (Phi) is 3.96. The van der Waals surface area contributed by atoms with Crippen molar-refractivity contribution in [3.63, 3.8) is 0 Å². The van der Waals surface area contributed by atoms with E-state index >= 15 is 0 Å². The minimum absolute atomic E-state index is 0.558. The third-order valence-corrected chi connectivity index (χ3v) is 3.96. The van der Waals surface area contributed by atoms with Gasteiger partial charge in [-0.15, -0.1) is 0 Å². The SMILES string of the molecule is COc1ccc(CSc2ncns2)cc1C#N. The highest BCUT2D eigenvalue weighted by molar-refractivity contribution is 8.00. The lowest BCUT2D eigenvalue weighted by molar-refractivity contribution is 0.413. The number of nitrogens with zero attached hydrogens (tertiary/aromatic N) is 3. The third kappa shape index (κ3) is 2.96. The second-order valence-electron chi connectivity index (χ2n) is 3.14. The van der Waals surface area contributed by atoms with Crippen molar-refractivity contribution >= 4 is 23.3 Å². The van der Waals surface area contributed by atoms with Crippen molar-refractivity contribution in [2.75, 3.05) is 7.11 Å². The molecular formula is C11H9N3OS2. The Hall–Kier alpha value is -1.58. The van der Waals surface area contributed by atoms with Crippen LogP contribution in [0.1, 0.15) is 11.1 Å². The fraction of sp³-hybridized carbons (Fsp3) is 0.182. The topological polar surface area (TPSA) is 58.8 Å². The van der Waals surface area contributed by atoms with Crippen molar-refractivity contribution in [1.29, 1.82) is 5.26 Å². The summed E-state index contributed by atoms with van der Waals surface area (Å²) in [4.78, 5) is 4.09. The smallest absolute Gasteiger partial charge is 0.170 e. The number of methoxy groups -OCH3 is 1. The Morgan fingerprint density at radius 2 is 2.41 bits per heavy atom. The Labute approximate surface area is 107 Å². The van der Waals surface area contributed by atoms with Gasteiger partial charge in [0.05, 0.1) is 12.7 Å². The van der Waals surface area contributed by atoms with Crippen LogP contribution in [0.2, 0.25) is 0 Å². The number of hydrogen-bond acceptors (Lipinski definition) is 6. The number of nitriles is 1. The highest BCUT2D eigenvalue weighted by Crippen LogP contribution is 2.26. The first-order chi connectivity index (χ1) is 8.33. The molecule has 0 amide bonds. The summed E-state index contributed by atoms with van der Waals surface area (Å²) in [6.07, 6.45) is 1.54. The number of thioether (sulfide) groups is 1. The van der Waals surface area contributed by atoms with Gasteiger partial charge in [0.25, 0.3) is 0 Å².